The second-order valence-electron chi connectivity index (χ2n) is 11.7. The fraction of sp³-hybridized carbons (Fsp3) is 0.606. The number of carboxylic acids is 1. The lowest BCUT2D eigenvalue weighted by molar-refractivity contribution is -0.145. The predicted octanol–water partition coefficient (Wildman–Crippen LogP) is 6.86. The molecule has 5 rings (SSSR count). The molecule has 2 atom stereocenters. The Morgan fingerprint density at radius 3 is 2.16 bits per heavy atom. The van der Waals surface area contributed by atoms with Gasteiger partial charge in [-0.05, 0) is 101 Å². The Morgan fingerprint density at radius 2 is 1.51 bits per heavy atom. The molecule has 1 aliphatic carbocycles. The number of piperidine rings is 1. The summed E-state index contributed by atoms with van der Waals surface area (Å²) in [6, 6.07) is 21.1. The van der Waals surface area contributed by atoms with E-state index in [2.05, 4.69) is 71.4 Å². The van der Waals surface area contributed by atoms with Crippen molar-refractivity contribution in [1.82, 2.24) is 9.80 Å². The van der Waals surface area contributed by atoms with Crippen LogP contribution in [0.25, 0.3) is 0 Å². The molecule has 202 valence electrons. The van der Waals surface area contributed by atoms with Gasteiger partial charge in [0, 0.05) is 6.54 Å². The van der Waals surface area contributed by atoms with Gasteiger partial charge in [-0.1, -0.05) is 86.3 Å². The fourth-order valence-electron chi connectivity index (χ4n) is 6.73. The molecule has 0 spiro atoms. The van der Waals surface area contributed by atoms with E-state index in [1.54, 1.807) is 0 Å². The van der Waals surface area contributed by atoms with E-state index in [9.17, 15) is 9.90 Å². The van der Waals surface area contributed by atoms with Crippen molar-refractivity contribution in [2.45, 2.75) is 82.6 Å². The molecular weight excluding hydrogens is 456 g/mol. The average Bonchev–Trinajstić information content (AvgIpc) is 3.41. The van der Waals surface area contributed by atoms with Crippen LogP contribution in [-0.2, 0) is 11.2 Å². The van der Waals surface area contributed by atoms with Gasteiger partial charge >= 0.3 is 5.97 Å². The lowest BCUT2D eigenvalue weighted by atomic mass is 9.83. The van der Waals surface area contributed by atoms with Gasteiger partial charge in [-0.2, -0.15) is 0 Å². The number of carbonyl (C=O) groups is 1. The van der Waals surface area contributed by atoms with Crippen LogP contribution in [-0.4, -0.2) is 60.1 Å². The van der Waals surface area contributed by atoms with Crippen molar-refractivity contribution >= 4 is 5.97 Å². The number of aryl methyl sites for hydroxylation is 1. The number of nitrogens with zero attached hydrogens (tertiary/aromatic N) is 2. The molecule has 0 amide bonds. The van der Waals surface area contributed by atoms with Gasteiger partial charge in [-0.15, -0.1) is 0 Å². The van der Waals surface area contributed by atoms with Crippen LogP contribution in [0.3, 0.4) is 0 Å². The molecule has 0 unspecified atom stereocenters. The smallest absolute Gasteiger partial charge is 0.321 e. The minimum absolute atomic E-state index is 0.265. The Hall–Kier alpha value is -2.17. The number of hydrogen-bond donors (Lipinski definition) is 1. The summed E-state index contributed by atoms with van der Waals surface area (Å²) in [6.45, 7) is 4.43. The maximum atomic E-state index is 11.8. The van der Waals surface area contributed by atoms with Crippen LogP contribution in [0.5, 0.6) is 0 Å². The summed E-state index contributed by atoms with van der Waals surface area (Å²) >= 11 is 0. The third-order valence-corrected chi connectivity index (χ3v) is 8.99. The van der Waals surface area contributed by atoms with Crippen molar-refractivity contribution in [2.75, 3.05) is 33.2 Å². The standard InChI is InChI=1S/C18H25NO2.C15H23N/c20-18(21)17(15-9-5-2-6-10-15)19-12-11-16(13-19)14-7-3-1-4-8-14;1-16-12-10-15(11-13-16)9-5-8-14-6-3-2-4-7-14/h1,3-4,7-8,15-17H,2,5-6,9-13H2,(H,20,21);2-4,6-7,15H,5,8-13H2,1H3/t16-,17-;/m1./s1. The second-order valence-corrected chi connectivity index (χ2v) is 11.7. The van der Waals surface area contributed by atoms with E-state index in [4.69, 9.17) is 0 Å². The number of rotatable bonds is 8. The highest BCUT2D eigenvalue weighted by Crippen LogP contribution is 2.34. The van der Waals surface area contributed by atoms with Crippen LogP contribution in [0.1, 0.15) is 81.3 Å². The topological polar surface area (TPSA) is 43.8 Å². The summed E-state index contributed by atoms with van der Waals surface area (Å²) < 4.78 is 0. The first kappa shape index (κ1) is 27.9. The van der Waals surface area contributed by atoms with Crippen molar-refractivity contribution in [3.8, 4) is 0 Å². The van der Waals surface area contributed by atoms with Crippen molar-refractivity contribution in [2.24, 2.45) is 11.8 Å². The highest BCUT2D eigenvalue weighted by molar-refractivity contribution is 5.74. The van der Waals surface area contributed by atoms with E-state index in [1.807, 2.05) is 6.07 Å². The highest BCUT2D eigenvalue weighted by atomic mass is 16.4. The molecule has 0 radical (unpaired) electrons. The maximum Gasteiger partial charge on any atom is 0.321 e. The first-order chi connectivity index (χ1) is 18.1. The summed E-state index contributed by atoms with van der Waals surface area (Å²) in [4.78, 5) is 16.5. The summed E-state index contributed by atoms with van der Waals surface area (Å²) in [5.74, 6) is 1.22. The molecule has 2 saturated heterocycles. The van der Waals surface area contributed by atoms with Gasteiger partial charge in [0.25, 0.3) is 0 Å². The number of aliphatic carboxylic acids is 1. The van der Waals surface area contributed by atoms with Crippen LogP contribution < -0.4 is 0 Å². The van der Waals surface area contributed by atoms with Crippen LogP contribution in [0, 0.1) is 11.8 Å². The van der Waals surface area contributed by atoms with Crippen LogP contribution in [0.2, 0.25) is 0 Å². The van der Waals surface area contributed by atoms with Gasteiger partial charge in [0.2, 0.25) is 0 Å². The van der Waals surface area contributed by atoms with Crippen molar-refractivity contribution < 1.29 is 9.90 Å². The third-order valence-electron chi connectivity index (χ3n) is 8.99. The summed E-state index contributed by atoms with van der Waals surface area (Å²) in [7, 11) is 2.24. The zero-order valence-corrected chi connectivity index (χ0v) is 22.9. The zero-order chi connectivity index (χ0) is 25.9. The van der Waals surface area contributed by atoms with Crippen molar-refractivity contribution in [1.29, 1.82) is 0 Å². The quantitative estimate of drug-likeness (QED) is 0.426. The molecule has 2 aromatic carbocycles. The van der Waals surface area contributed by atoms with E-state index < -0.39 is 5.97 Å². The second kappa shape index (κ2) is 14.7. The Labute approximate surface area is 225 Å². The Balaban J connectivity index is 0.000000180. The van der Waals surface area contributed by atoms with Gasteiger partial charge < -0.3 is 10.0 Å². The maximum absolute atomic E-state index is 11.8. The summed E-state index contributed by atoms with van der Waals surface area (Å²) in [5, 5.41) is 9.70. The Morgan fingerprint density at radius 1 is 0.865 bits per heavy atom. The van der Waals surface area contributed by atoms with Crippen LogP contribution in [0.15, 0.2) is 60.7 Å². The van der Waals surface area contributed by atoms with E-state index in [1.165, 1.54) is 75.6 Å². The number of likely N-dealkylation sites (tertiary alicyclic amines) is 2. The summed E-state index contributed by atoms with van der Waals surface area (Å²) in [5.41, 5.74) is 2.85. The molecule has 2 heterocycles. The first-order valence-electron chi connectivity index (χ1n) is 14.8. The van der Waals surface area contributed by atoms with Gasteiger partial charge in [0.15, 0.2) is 0 Å². The molecule has 0 aromatic heterocycles. The van der Waals surface area contributed by atoms with Crippen LogP contribution in [0.4, 0.5) is 0 Å². The molecule has 1 N–H and O–H groups in total. The third kappa shape index (κ3) is 8.68. The summed E-state index contributed by atoms with van der Waals surface area (Å²) in [6.07, 6.45) is 13.8. The largest absolute Gasteiger partial charge is 0.480 e. The highest BCUT2D eigenvalue weighted by Gasteiger charge is 2.38. The number of hydrogen-bond acceptors (Lipinski definition) is 3. The van der Waals surface area contributed by atoms with Gasteiger partial charge in [0.05, 0.1) is 0 Å². The van der Waals surface area contributed by atoms with Gasteiger partial charge in [-0.25, -0.2) is 0 Å². The molecular formula is C33H48N2O2. The first-order valence-corrected chi connectivity index (χ1v) is 14.8. The lowest BCUT2D eigenvalue weighted by Crippen LogP contribution is -2.45. The molecule has 4 heteroatoms. The predicted molar refractivity (Wildman–Crippen MR) is 153 cm³/mol. The minimum Gasteiger partial charge on any atom is -0.480 e. The minimum atomic E-state index is -0.615. The lowest BCUT2D eigenvalue weighted by Gasteiger charge is -2.33. The Bertz CT molecular complexity index is 904. The molecule has 3 aliphatic rings. The van der Waals surface area contributed by atoms with E-state index in [-0.39, 0.29) is 6.04 Å². The molecule has 1 saturated carbocycles. The van der Waals surface area contributed by atoms with Gasteiger partial charge in [-0.3, -0.25) is 9.69 Å². The fourth-order valence-corrected chi connectivity index (χ4v) is 6.73. The molecule has 37 heavy (non-hydrogen) atoms. The van der Waals surface area contributed by atoms with Crippen molar-refractivity contribution in [3.05, 3.63) is 71.8 Å². The number of benzene rings is 2. The van der Waals surface area contributed by atoms with E-state index >= 15 is 0 Å². The van der Waals surface area contributed by atoms with Crippen LogP contribution >= 0.6 is 0 Å². The normalized spacial score (nSPS) is 22.8. The molecule has 0 bridgehead atoms. The van der Waals surface area contributed by atoms with Gasteiger partial charge in [0.1, 0.15) is 6.04 Å². The SMILES string of the molecule is CN1CCC(CCCc2ccccc2)CC1.O=C(O)[C@@H](C1CCCCC1)N1CC[C@@H](c2ccccc2)C1. The molecule has 2 aromatic rings. The van der Waals surface area contributed by atoms with E-state index in [0.29, 0.717) is 11.8 Å². The van der Waals surface area contributed by atoms with E-state index in [0.717, 1.165) is 38.3 Å². The number of carboxylic acid groups (broad SMARTS) is 1. The zero-order valence-electron chi connectivity index (χ0n) is 22.9. The Kier molecular flexibility index (Phi) is 11.1. The molecule has 3 fully saturated rings. The molecule has 4 nitrogen and oxygen atoms in total. The van der Waals surface area contributed by atoms with Crippen molar-refractivity contribution in [3.63, 3.8) is 0 Å². The monoisotopic (exact) mass is 504 g/mol. The molecule has 2 aliphatic heterocycles. The average molecular weight is 505 g/mol.